The van der Waals surface area contributed by atoms with Crippen molar-refractivity contribution in [3.63, 3.8) is 0 Å². The summed E-state index contributed by atoms with van der Waals surface area (Å²) in [5.74, 6) is -1.32. The van der Waals surface area contributed by atoms with Crippen LogP contribution >= 0.6 is 0 Å². The molecule has 0 aromatic heterocycles. The van der Waals surface area contributed by atoms with Gasteiger partial charge in [0.15, 0.2) is 0 Å². The molecule has 0 atom stereocenters. The second kappa shape index (κ2) is 7.25. The second-order valence-corrected chi connectivity index (χ2v) is 6.75. The molecule has 0 spiro atoms. The van der Waals surface area contributed by atoms with E-state index in [1.165, 1.54) is 24.3 Å². The summed E-state index contributed by atoms with van der Waals surface area (Å²) < 4.78 is 0. The largest absolute Gasteiger partial charge is 0.322 e. The molecular formula is C22H15N3O5. The molecule has 1 N–H and O–H groups in total. The number of aryl methyl sites for hydroxylation is 1. The lowest BCUT2D eigenvalue weighted by Crippen LogP contribution is -2.29. The molecule has 1 heterocycles. The molecule has 1 aliphatic rings. The van der Waals surface area contributed by atoms with E-state index in [9.17, 15) is 24.5 Å². The number of amides is 3. The van der Waals surface area contributed by atoms with Crippen LogP contribution in [-0.2, 0) is 0 Å². The summed E-state index contributed by atoms with van der Waals surface area (Å²) in [6.45, 7) is 1.55. The Morgan fingerprint density at radius 1 is 0.933 bits per heavy atom. The molecule has 3 aromatic rings. The molecule has 0 fully saturated rings. The van der Waals surface area contributed by atoms with Gasteiger partial charge in [-0.2, -0.15) is 0 Å². The Morgan fingerprint density at radius 2 is 1.60 bits per heavy atom. The van der Waals surface area contributed by atoms with E-state index in [4.69, 9.17) is 0 Å². The SMILES string of the molecule is Cc1cc(C(=O)Nc2cccc(N3C(=O)c4ccccc4C3=O)c2)ccc1[N+](=O)[O-]. The van der Waals surface area contributed by atoms with Crippen LogP contribution in [-0.4, -0.2) is 22.6 Å². The summed E-state index contributed by atoms with van der Waals surface area (Å²) in [5.41, 5.74) is 1.93. The Labute approximate surface area is 170 Å². The summed E-state index contributed by atoms with van der Waals surface area (Å²) >= 11 is 0. The van der Waals surface area contributed by atoms with Gasteiger partial charge in [0.25, 0.3) is 23.4 Å². The minimum atomic E-state index is -0.511. The Hall–Kier alpha value is -4.33. The predicted molar refractivity (Wildman–Crippen MR) is 110 cm³/mol. The lowest BCUT2D eigenvalue weighted by atomic mass is 10.1. The second-order valence-electron chi connectivity index (χ2n) is 6.75. The van der Waals surface area contributed by atoms with Gasteiger partial charge in [-0.3, -0.25) is 24.5 Å². The lowest BCUT2D eigenvalue weighted by Gasteiger charge is -2.15. The summed E-state index contributed by atoms with van der Waals surface area (Å²) in [6.07, 6.45) is 0. The highest BCUT2D eigenvalue weighted by Gasteiger charge is 2.36. The monoisotopic (exact) mass is 401 g/mol. The third-order valence-electron chi connectivity index (χ3n) is 4.81. The van der Waals surface area contributed by atoms with Crippen molar-refractivity contribution in [1.82, 2.24) is 0 Å². The average Bonchev–Trinajstić information content (AvgIpc) is 2.98. The number of nitrogens with zero attached hydrogens (tertiary/aromatic N) is 2. The van der Waals surface area contributed by atoms with Crippen LogP contribution in [0.5, 0.6) is 0 Å². The Morgan fingerprint density at radius 3 is 2.20 bits per heavy atom. The molecule has 30 heavy (non-hydrogen) atoms. The van der Waals surface area contributed by atoms with Gasteiger partial charge in [0.1, 0.15) is 0 Å². The van der Waals surface area contributed by atoms with E-state index >= 15 is 0 Å². The zero-order chi connectivity index (χ0) is 21.4. The highest BCUT2D eigenvalue weighted by atomic mass is 16.6. The number of nitrogens with one attached hydrogen (secondary N) is 1. The van der Waals surface area contributed by atoms with Gasteiger partial charge in [0.05, 0.1) is 21.7 Å². The number of benzene rings is 3. The molecule has 8 nitrogen and oxygen atoms in total. The van der Waals surface area contributed by atoms with Crippen LogP contribution in [0.2, 0.25) is 0 Å². The molecule has 148 valence electrons. The van der Waals surface area contributed by atoms with Crippen LogP contribution in [0.3, 0.4) is 0 Å². The maximum absolute atomic E-state index is 12.6. The van der Waals surface area contributed by atoms with E-state index in [1.807, 2.05) is 0 Å². The zero-order valence-corrected chi connectivity index (χ0v) is 15.8. The standard InChI is InChI=1S/C22H15N3O5/c1-13-11-14(9-10-19(13)25(29)30)20(26)23-15-5-4-6-16(12-15)24-21(27)17-7-2-3-8-18(17)22(24)28/h2-12H,1H3,(H,23,26). The molecule has 4 rings (SSSR count). The maximum atomic E-state index is 12.6. The number of fused-ring (bicyclic) bond motifs is 1. The first-order valence-electron chi connectivity index (χ1n) is 9.01. The first-order valence-corrected chi connectivity index (χ1v) is 9.01. The topological polar surface area (TPSA) is 110 Å². The maximum Gasteiger partial charge on any atom is 0.272 e. The van der Waals surface area contributed by atoms with E-state index in [0.29, 0.717) is 28.1 Å². The van der Waals surface area contributed by atoms with Crippen LogP contribution in [0.1, 0.15) is 36.6 Å². The van der Waals surface area contributed by atoms with Crippen molar-refractivity contribution >= 4 is 34.8 Å². The first kappa shape index (κ1) is 19.0. The number of rotatable bonds is 4. The van der Waals surface area contributed by atoms with Gasteiger partial charge in [0.2, 0.25) is 0 Å². The van der Waals surface area contributed by atoms with Gasteiger partial charge >= 0.3 is 0 Å². The van der Waals surface area contributed by atoms with Gasteiger partial charge in [-0.25, -0.2) is 4.90 Å². The first-order chi connectivity index (χ1) is 14.4. The normalized spacial score (nSPS) is 12.6. The van der Waals surface area contributed by atoms with Gasteiger partial charge in [-0.1, -0.05) is 18.2 Å². The Kier molecular flexibility index (Phi) is 4.59. The molecule has 1 aliphatic heterocycles. The third-order valence-corrected chi connectivity index (χ3v) is 4.81. The fourth-order valence-electron chi connectivity index (χ4n) is 3.35. The lowest BCUT2D eigenvalue weighted by molar-refractivity contribution is -0.385. The zero-order valence-electron chi connectivity index (χ0n) is 15.8. The number of nitro benzene ring substituents is 1. The number of nitro groups is 1. The van der Waals surface area contributed by atoms with Crippen molar-refractivity contribution in [2.75, 3.05) is 10.2 Å². The minimum Gasteiger partial charge on any atom is -0.322 e. The quantitative estimate of drug-likeness (QED) is 0.404. The van der Waals surface area contributed by atoms with E-state index in [2.05, 4.69) is 5.32 Å². The number of carbonyl (C=O) groups is 3. The average molecular weight is 401 g/mol. The summed E-state index contributed by atoms with van der Waals surface area (Å²) in [5, 5.41) is 13.6. The van der Waals surface area contributed by atoms with Crippen LogP contribution in [0.15, 0.2) is 66.7 Å². The molecule has 0 saturated heterocycles. The smallest absolute Gasteiger partial charge is 0.272 e. The van der Waals surface area contributed by atoms with E-state index in [1.54, 1.807) is 49.4 Å². The number of anilines is 2. The molecule has 0 saturated carbocycles. The van der Waals surface area contributed by atoms with E-state index < -0.39 is 22.6 Å². The minimum absolute atomic E-state index is 0.0702. The fraction of sp³-hybridized carbons (Fsp3) is 0.0455. The van der Waals surface area contributed by atoms with Crippen molar-refractivity contribution in [3.8, 4) is 0 Å². The predicted octanol–water partition coefficient (Wildman–Crippen LogP) is 3.96. The number of carbonyl (C=O) groups excluding carboxylic acids is 3. The van der Waals surface area contributed by atoms with Crippen LogP contribution in [0, 0.1) is 17.0 Å². The van der Waals surface area contributed by atoms with Crippen LogP contribution < -0.4 is 10.2 Å². The molecule has 0 radical (unpaired) electrons. The van der Waals surface area contributed by atoms with Crippen molar-refractivity contribution in [1.29, 1.82) is 0 Å². The molecule has 0 aliphatic carbocycles. The van der Waals surface area contributed by atoms with Gasteiger partial charge in [-0.15, -0.1) is 0 Å². The van der Waals surface area contributed by atoms with Gasteiger partial charge in [0, 0.05) is 22.9 Å². The highest BCUT2D eigenvalue weighted by molar-refractivity contribution is 6.34. The summed E-state index contributed by atoms with van der Waals surface area (Å²) in [6, 6.07) is 17.0. The van der Waals surface area contributed by atoms with Crippen molar-refractivity contribution in [2.45, 2.75) is 6.92 Å². The highest BCUT2D eigenvalue weighted by Crippen LogP contribution is 2.30. The molecule has 3 amide bonds. The number of hydrogen-bond acceptors (Lipinski definition) is 5. The Bertz CT molecular complexity index is 1200. The fourth-order valence-corrected chi connectivity index (χ4v) is 3.35. The van der Waals surface area contributed by atoms with Crippen LogP contribution in [0.4, 0.5) is 17.1 Å². The summed E-state index contributed by atoms with van der Waals surface area (Å²) in [4.78, 5) is 49.4. The molecule has 0 unspecified atom stereocenters. The van der Waals surface area contributed by atoms with E-state index in [0.717, 1.165) is 4.90 Å². The molecular weight excluding hydrogens is 386 g/mol. The van der Waals surface area contributed by atoms with Crippen molar-refractivity contribution < 1.29 is 19.3 Å². The number of imide groups is 1. The molecule has 3 aromatic carbocycles. The Balaban J connectivity index is 1.58. The summed E-state index contributed by atoms with van der Waals surface area (Å²) in [7, 11) is 0. The van der Waals surface area contributed by atoms with E-state index in [-0.39, 0.29) is 11.3 Å². The number of hydrogen-bond donors (Lipinski definition) is 1. The van der Waals surface area contributed by atoms with Gasteiger partial charge in [-0.05, 0) is 49.4 Å². The van der Waals surface area contributed by atoms with Crippen LogP contribution in [0.25, 0.3) is 0 Å². The third kappa shape index (κ3) is 3.20. The van der Waals surface area contributed by atoms with Gasteiger partial charge < -0.3 is 5.32 Å². The van der Waals surface area contributed by atoms with Crippen molar-refractivity contribution in [3.05, 3.63) is 99.1 Å². The molecule has 8 heteroatoms. The molecule has 0 bridgehead atoms. The van der Waals surface area contributed by atoms with Crippen molar-refractivity contribution in [2.24, 2.45) is 0 Å².